The van der Waals surface area contributed by atoms with Gasteiger partial charge in [-0.05, 0) is 32.0 Å². The zero-order valence-electron chi connectivity index (χ0n) is 12.4. The lowest BCUT2D eigenvalue weighted by Gasteiger charge is -2.25. The van der Waals surface area contributed by atoms with E-state index in [4.69, 9.17) is 0 Å². The number of hydrogen-bond donors (Lipinski definition) is 0. The summed E-state index contributed by atoms with van der Waals surface area (Å²) in [7, 11) is 2.07. The minimum atomic E-state index is 0.651. The predicted molar refractivity (Wildman–Crippen MR) is 85.4 cm³/mol. The Morgan fingerprint density at radius 2 is 2.05 bits per heavy atom. The van der Waals surface area contributed by atoms with Gasteiger partial charge in [0.05, 0.1) is 16.8 Å². The number of para-hydroxylation sites is 1. The number of nitriles is 1. The molecule has 3 rings (SSSR count). The molecule has 108 valence electrons. The molecule has 4 heteroatoms. The number of anilines is 1. The van der Waals surface area contributed by atoms with E-state index in [0.29, 0.717) is 5.56 Å². The van der Waals surface area contributed by atoms with Crippen LogP contribution in [0.3, 0.4) is 0 Å². The SMILES string of the molecule is CN(CCN1CCCC1)c1c(C#N)cnc2ccccc12. The lowest BCUT2D eigenvalue weighted by atomic mass is 10.1. The van der Waals surface area contributed by atoms with Crippen LogP contribution in [-0.2, 0) is 0 Å². The minimum absolute atomic E-state index is 0.651. The largest absolute Gasteiger partial charge is 0.372 e. The van der Waals surface area contributed by atoms with Gasteiger partial charge < -0.3 is 9.80 Å². The van der Waals surface area contributed by atoms with E-state index in [-0.39, 0.29) is 0 Å². The van der Waals surface area contributed by atoms with Crippen molar-refractivity contribution >= 4 is 16.6 Å². The van der Waals surface area contributed by atoms with Crippen molar-refractivity contribution in [2.45, 2.75) is 12.8 Å². The molecular formula is C17H20N4. The Kier molecular flexibility index (Phi) is 4.03. The van der Waals surface area contributed by atoms with Crippen molar-refractivity contribution in [3.8, 4) is 6.07 Å². The highest BCUT2D eigenvalue weighted by Gasteiger charge is 2.15. The average Bonchev–Trinajstić information content (AvgIpc) is 3.04. The van der Waals surface area contributed by atoms with Gasteiger partial charge in [0, 0.05) is 31.7 Å². The fraction of sp³-hybridized carbons (Fsp3) is 0.412. The monoisotopic (exact) mass is 280 g/mol. The molecule has 0 aliphatic carbocycles. The van der Waals surface area contributed by atoms with Gasteiger partial charge in [0.25, 0.3) is 0 Å². The molecule has 21 heavy (non-hydrogen) atoms. The second kappa shape index (κ2) is 6.11. The number of benzene rings is 1. The summed E-state index contributed by atoms with van der Waals surface area (Å²) in [5.74, 6) is 0. The second-order valence-corrected chi connectivity index (χ2v) is 5.62. The van der Waals surface area contributed by atoms with Crippen molar-refractivity contribution in [1.29, 1.82) is 5.26 Å². The van der Waals surface area contributed by atoms with Gasteiger partial charge in [-0.3, -0.25) is 4.98 Å². The highest BCUT2D eigenvalue weighted by Crippen LogP contribution is 2.28. The minimum Gasteiger partial charge on any atom is -0.372 e. The van der Waals surface area contributed by atoms with Gasteiger partial charge >= 0.3 is 0 Å². The van der Waals surface area contributed by atoms with Crippen LogP contribution in [0.15, 0.2) is 30.5 Å². The zero-order chi connectivity index (χ0) is 14.7. The molecule has 1 fully saturated rings. The highest BCUT2D eigenvalue weighted by atomic mass is 15.2. The van der Waals surface area contributed by atoms with E-state index in [1.54, 1.807) is 6.20 Å². The van der Waals surface area contributed by atoms with Crippen LogP contribution in [0.1, 0.15) is 18.4 Å². The summed E-state index contributed by atoms with van der Waals surface area (Å²) in [6.07, 6.45) is 4.31. The summed E-state index contributed by atoms with van der Waals surface area (Å²) >= 11 is 0. The smallest absolute Gasteiger partial charge is 0.103 e. The van der Waals surface area contributed by atoms with Crippen molar-refractivity contribution in [1.82, 2.24) is 9.88 Å². The maximum atomic E-state index is 9.38. The molecule has 1 aromatic heterocycles. The normalized spacial score (nSPS) is 15.2. The van der Waals surface area contributed by atoms with Gasteiger partial charge in [0.1, 0.15) is 6.07 Å². The molecule has 0 atom stereocenters. The lowest BCUT2D eigenvalue weighted by Crippen LogP contribution is -2.31. The van der Waals surface area contributed by atoms with E-state index < -0.39 is 0 Å². The van der Waals surface area contributed by atoms with Crippen LogP contribution >= 0.6 is 0 Å². The Morgan fingerprint density at radius 3 is 2.81 bits per heavy atom. The topological polar surface area (TPSA) is 43.2 Å². The van der Waals surface area contributed by atoms with Crippen LogP contribution < -0.4 is 4.90 Å². The summed E-state index contributed by atoms with van der Waals surface area (Å²) in [5.41, 5.74) is 2.60. The lowest BCUT2D eigenvalue weighted by molar-refractivity contribution is 0.347. The van der Waals surface area contributed by atoms with E-state index in [0.717, 1.165) is 29.7 Å². The van der Waals surface area contributed by atoms with E-state index >= 15 is 0 Å². The second-order valence-electron chi connectivity index (χ2n) is 5.62. The first-order valence-electron chi connectivity index (χ1n) is 7.51. The zero-order valence-corrected chi connectivity index (χ0v) is 12.4. The molecule has 0 saturated carbocycles. The van der Waals surface area contributed by atoms with Gasteiger partial charge in [-0.15, -0.1) is 0 Å². The van der Waals surface area contributed by atoms with Crippen LogP contribution in [0.5, 0.6) is 0 Å². The Hall–Kier alpha value is -2.12. The summed E-state index contributed by atoms with van der Waals surface area (Å²) in [6.45, 7) is 4.40. The van der Waals surface area contributed by atoms with E-state index in [9.17, 15) is 5.26 Å². The van der Waals surface area contributed by atoms with Crippen LogP contribution in [0, 0.1) is 11.3 Å². The van der Waals surface area contributed by atoms with Crippen molar-refractivity contribution in [2.75, 3.05) is 38.1 Å². The molecule has 0 unspecified atom stereocenters. The molecule has 0 radical (unpaired) electrons. The number of likely N-dealkylation sites (tertiary alicyclic amines) is 1. The van der Waals surface area contributed by atoms with E-state index in [1.807, 2.05) is 24.3 Å². The number of aromatic nitrogens is 1. The quantitative estimate of drug-likeness (QED) is 0.863. The molecule has 1 aliphatic rings. The molecule has 0 spiro atoms. The van der Waals surface area contributed by atoms with Crippen LogP contribution in [-0.4, -0.2) is 43.1 Å². The number of hydrogen-bond acceptors (Lipinski definition) is 4. The summed E-state index contributed by atoms with van der Waals surface area (Å²) in [5, 5.41) is 10.4. The third-order valence-corrected chi connectivity index (χ3v) is 4.20. The van der Waals surface area contributed by atoms with Crippen molar-refractivity contribution in [2.24, 2.45) is 0 Å². The number of likely N-dealkylation sites (N-methyl/N-ethyl adjacent to an activating group) is 1. The first-order chi connectivity index (χ1) is 10.3. The standard InChI is InChI=1S/C17H20N4/c1-20(10-11-21-8-4-5-9-21)17-14(12-18)13-19-16-7-3-2-6-15(16)17/h2-3,6-7,13H,4-5,8-11H2,1H3. The van der Waals surface area contributed by atoms with Gasteiger partial charge in [0.2, 0.25) is 0 Å². The highest BCUT2D eigenvalue weighted by molar-refractivity contribution is 5.94. The average molecular weight is 280 g/mol. The molecule has 0 amide bonds. The number of nitrogens with zero attached hydrogens (tertiary/aromatic N) is 4. The number of pyridine rings is 1. The molecule has 2 aromatic rings. The Morgan fingerprint density at radius 1 is 1.29 bits per heavy atom. The molecule has 0 bridgehead atoms. The number of fused-ring (bicyclic) bond motifs is 1. The summed E-state index contributed by atoms with van der Waals surface area (Å²) < 4.78 is 0. The Labute approximate surface area is 125 Å². The third-order valence-electron chi connectivity index (χ3n) is 4.20. The molecule has 2 heterocycles. The Balaban J connectivity index is 1.88. The summed E-state index contributed by atoms with van der Waals surface area (Å²) in [4.78, 5) is 9.06. The van der Waals surface area contributed by atoms with Crippen molar-refractivity contribution in [3.63, 3.8) is 0 Å². The molecule has 4 nitrogen and oxygen atoms in total. The first kappa shape index (κ1) is 13.8. The fourth-order valence-corrected chi connectivity index (χ4v) is 3.03. The summed E-state index contributed by atoms with van der Waals surface area (Å²) in [6, 6.07) is 10.3. The molecule has 0 N–H and O–H groups in total. The first-order valence-corrected chi connectivity index (χ1v) is 7.51. The van der Waals surface area contributed by atoms with Crippen LogP contribution in [0.25, 0.3) is 10.9 Å². The van der Waals surface area contributed by atoms with Gasteiger partial charge in [0.15, 0.2) is 0 Å². The van der Waals surface area contributed by atoms with Gasteiger partial charge in [-0.2, -0.15) is 5.26 Å². The number of rotatable bonds is 4. The van der Waals surface area contributed by atoms with Crippen LogP contribution in [0.4, 0.5) is 5.69 Å². The molecule has 1 saturated heterocycles. The third kappa shape index (κ3) is 2.84. The molecule has 1 aliphatic heterocycles. The predicted octanol–water partition coefficient (Wildman–Crippen LogP) is 2.64. The maximum absolute atomic E-state index is 9.38. The van der Waals surface area contributed by atoms with E-state index in [1.165, 1.54) is 25.9 Å². The maximum Gasteiger partial charge on any atom is 0.103 e. The van der Waals surface area contributed by atoms with Crippen LogP contribution in [0.2, 0.25) is 0 Å². The van der Waals surface area contributed by atoms with Gasteiger partial charge in [-0.1, -0.05) is 18.2 Å². The van der Waals surface area contributed by atoms with Crippen molar-refractivity contribution < 1.29 is 0 Å². The Bertz CT molecular complexity index is 668. The van der Waals surface area contributed by atoms with E-state index in [2.05, 4.69) is 27.9 Å². The fourth-order valence-electron chi connectivity index (χ4n) is 3.03. The molecule has 1 aromatic carbocycles. The van der Waals surface area contributed by atoms with Gasteiger partial charge in [-0.25, -0.2) is 0 Å². The van der Waals surface area contributed by atoms with Crippen molar-refractivity contribution in [3.05, 3.63) is 36.0 Å². The molecular weight excluding hydrogens is 260 g/mol.